The molecule has 1 aliphatic rings. The fraction of sp³-hybridized carbons (Fsp3) is 0.333. The maximum atomic E-state index is 13.5. The van der Waals surface area contributed by atoms with Crippen LogP contribution in [0.2, 0.25) is 0 Å². The number of carbonyl (C=O) groups excluding carboxylic acids is 1. The van der Waals surface area contributed by atoms with Crippen LogP contribution in [0.1, 0.15) is 47.3 Å². The summed E-state index contributed by atoms with van der Waals surface area (Å²) in [7, 11) is 0. The summed E-state index contributed by atoms with van der Waals surface area (Å²) in [6, 6.07) is 8.81. The summed E-state index contributed by atoms with van der Waals surface area (Å²) in [5, 5.41) is 17.3. The van der Waals surface area contributed by atoms with Gasteiger partial charge in [0.1, 0.15) is 5.69 Å². The Kier molecular flexibility index (Phi) is 5.09. The number of halogens is 2. The predicted molar refractivity (Wildman–Crippen MR) is 100 cm³/mol. The molecule has 4 rings (SSSR count). The molecular weight excluding hydrogens is 364 g/mol. The summed E-state index contributed by atoms with van der Waals surface area (Å²) in [5.74, 6) is -2.10. The van der Waals surface area contributed by atoms with Crippen LogP contribution in [-0.4, -0.2) is 32.8 Å². The van der Waals surface area contributed by atoms with Crippen molar-refractivity contribution in [3.8, 4) is 0 Å². The zero-order valence-electron chi connectivity index (χ0n) is 15.2. The number of aromatic nitrogens is 2. The fourth-order valence-electron chi connectivity index (χ4n) is 3.80. The number of hydrogen-bond donors (Lipinski definition) is 2. The number of aliphatic hydroxyl groups is 1. The molecule has 0 spiro atoms. The van der Waals surface area contributed by atoms with Crippen LogP contribution in [0.25, 0.3) is 5.52 Å². The molecule has 0 radical (unpaired) electrons. The van der Waals surface area contributed by atoms with Gasteiger partial charge in [-0.2, -0.15) is 5.10 Å². The smallest absolute Gasteiger partial charge is 0.270 e. The molecule has 2 heterocycles. The molecule has 146 valence electrons. The molecule has 0 bridgehead atoms. The first-order valence-corrected chi connectivity index (χ1v) is 9.41. The topological polar surface area (TPSA) is 66.6 Å². The summed E-state index contributed by atoms with van der Waals surface area (Å²) in [5.41, 5.74) is 2.46. The van der Waals surface area contributed by atoms with Gasteiger partial charge in [-0.25, -0.2) is 13.3 Å². The summed E-state index contributed by atoms with van der Waals surface area (Å²) in [6.07, 6.45) is 4.73. The van der Waals surface area contributed by atoms with Crippen LogP contribution in [0.4, 0.5) is 8.78 Å². The second-order valence-corrected chi connectivity index (χ2v) is 7.23. The number of amides is 1. The molecule has 1 fully saturated rings. The molecule has 28 heavy (non-hydrogen) atoms. The van der Waals surface area contributed by atoms with E-state index in [1.807, 2.05) is 6.07 Å². The van der Waals surface area contributed by atoms with Crippen LogP contribution >= 0.6 is 0 Å². The minimum atomic E-state index is -0.900. The molecule has 2 N–H and O–H groups in total. The monoisotopic (exact) mass is 385 g/mol. The van der Waals surface area contributed by atoms with Gasteiger partial charge in [-0.15, -0.1) is 0 Å². The lowest BCUT2D eigenvalue weighted by atomic mass is 9.92. The van der Waals surface area contributed by atoms with E-state index in [9.17, 15) is 18.7 Å². The van der Waals surface area contributed by atoms with Crippen LogP contribution < -0.4 is 5.32 Å². The van der Waals surface area contributed by atoms with Crippen molar-refractivity contribution in [1.82, 2.24) is 14.9 Å². The molecular formula is C21H21F2N3O2. The van der Waals surface area contributed by atoms with E-state index < -0.39 is 17.7 Å². The van der Waals surface area contributed by atoms with Crippen molar-refractivity contribution in [2.45, 2.75) is 44.2 Å². The highest BCUT2D eigenvalue weighted by atomic mass is 19.2. The first kappa shape index (κ1) is 18.6. The number of nitrogens with zero attached hydrogens (tertiary/aromatic N) is 2. The summed E-state index contributed by atoms with van der Waals surface area (Å²) in [4.78, 5) is 12.8. The van der Waals surface area contributed by atoms with Crippen LogP contribution in [0.5, 0.6) is 0 Å². The third kappa shape index (κ3) is 3.62. The van der Waals surface area contributed by atoms with Gasteiger partial charge >= 0.3 is 0 Å². The highest BCUT2D eigenvalue weighted by molar-refractivity contribution is 5.94. The van der Waals surface area contributed by atoms with Gasteiger partial charge in [0.05, 0.1) is 17.7 Å². The minimum absolute atomic E-state index is 0.273. The van der Waals surface area contributed by atoms with Crippen molar-refractivity contribution in [1.29, 1.82) is 0 Å². The molecule has 0 unspecified atom stereocenters. The zero-order chi connectivity index (χ0) is 19.7. The van der Waals surface area contributed by atoms with Crippen LogP contribution in [0, 0.1) is 11.6 Å². The molecule has 5 nitrogen and oxygen atoms in total. The number of benzene rings is 1. The third-order valence-electron chi connectivity index (χ3n) is 5.28. The average molecular weight is 385 g/mol. The molecule has 0 aliphatic heterocycles. The van der Waals surface area contributed by atoms with Gasteiger partial charge in [0.25, 0.3) is 5.91 Å². The largest absolute Gasteiger partial charge is 0.391 e. The van der Waals surface area contributed by atoms with E-state index in [1.54, 1.807) is 22.8 Å². The first-order chi connectivity index (χ1) is 13.5. The van der Waals surface area contributed by atoms with Gasteiger partial charge in [0.2, 0.25) is 0 Å². The summed E-state index contributed by atoms with van der Waals surface area (Å²) in [6.45, 7) is 0. The van der Waals surface area contributed by atoms with Crippen molar-refractivity contribution in [3.05, 3.63) is 71.1 Å². The quantitative estimate of drug-likeness (QED) is 0.725. The van der Waals surface area contributed by atoms with Crippen molar-refractivity contribution < 1.29 is 18.7 Å². The Bertz CT molecular complexity index is 1020. The molecule has 7 heteroatoms. The van der Waals surface area contributed by atoms with Gasteiger partial charge in [-0.3, -0.25) is 4.79 Å². The molecule has 1 saturated carbocycles. The van der Waals surface area contributed by atoms with Gasteiger partial charge in [0.15, 0.2) is 11.6 Å². The molecule has 1 aliphatic carbocycles. The molecule has 2 atom stereocenters. The standard InChI is InChI=1S/C21H21F2N3O2/c22-15-8-7-13(11-16(15)23)10-14-12-19(26-18(14)5-3-9-24-26)21(28)25-17-4-1-2-6-20(17)27/h3,5,7-9,11-12,17,20,27H,1-2,4,6,10H2,(H,25,28)/t17-,20-/m0/s1. The summed E-state index contributed by atoms with van der Waals surface area (Å²) >= 11 is 0. The molecule has 1 amide bonds. The number of nitrogens with one attached hydrogen (secondary N) is 1. The maximum Gasteiger partial charge on any atom is 0.270 e. The highest BCUT2D eigenvalue weighted by Crippen LogP contribution is 2.22. The van der Waals surface area contributed by atoms with Gasteiger partial charge < -0.3 is 10.4 Å². The lowest BCUT2D eigenvalue weighted by molar-refractivity contribution is 0.0712. The Morgan fingerprint density at radius 3 is 2.79 bits per heavy atom. The van der Waals surface area contributed by atoms with E-state index in [2.05, 4.69) is 10.4 Å². The van der Waals surface area contributed by atoms with E-state index in [-0.39, 0.29) is 11.9 Å². The summed E-state index contributed by atoms with van der Waals surface area (Å²) < 4.78 is 28.3. The SMILES string of the molecule is O=C(N[C@H]1CCCC[C@@H]1O)c1cc(Cc2ccc(F)c(F)c2)c2cccnn12. The molecule has 0 saturated heterocycles. The number of carbonyl (C=O) groups is 1. The Morgan fingerprint density at radius 2 is 2.00 bits per heavy atom. The van der Waals surface area contributed by atoms with Crippen LogP contribution in [0.15, 0.2) is 42.6 Å². The molecule has 1 aromatic carbocycles. The highest BCUT2D eigenvalue weighted by Gasteiger charge is 2.26. The van der Waals surface area contributed by atoms with Crippen LogP contribution in [0.3, 0.4) is 0 Å². The Hall–Kier alpha value is -2.80. The van der Waals surface area contributed by atoms with E-state index in [0.717, 1.165) is 42.5 Å². The number of fused-ring (bicyclic) bond motifs is 1. The fourth-order valence-corrected chi connectivity index (χ4v) is 3.80. The maximum absolute atomic E-state index is 13.5. The first-order valence-electron chi connectivity index (χ1n) is 9.41. The van der Waals surface area contributed by atoms with E-state index >= 15 is 0 Å². The van der Waals surface area contributed by atoms with Crippen molar-refractivity contribution in [3.63, 3.8) is 0 Å². The lowest BCUT2D eigenvalue weighted by Gasteiger charge is -2.28. The van der Waals surface area contributed by atoms with Gasteiger partial charge in [-0.05, 0) is 60.7 Å². The van der Waals surface area contributed by atoms with E-state index in [4.69, 9.17) is 0 Å². The predicted octanol–water partition coefficient (Wildman–Crippen LogP) is 3.24. The number of rotatable bonds is 4. The lowest BCUT2D eigenvalue weighted by Crippen LogP contribution is -2.45. The number of aliphatic hydroxyl groups excluding tert-OH is 1. The molecule has 3 aromatic rings. The van der Waals surface area contributed by atoms with Gasteiger partial charge in [0, 0.05) is 6.20 Å². The number of hydrogen-bond acceptors (Lipinski definition) is 3. The Labute approximate surface area is 161 Å². The van der Waals surface area contributed by atoms with E-state index in [1.165, 1.54) is 6.07 Å². The third-order valence-corrected chi connectivity index (χ3v) is 5.28. The molecule has 2 aromatic heterocycles. The second kappa shape index (κ2) is 7.67. The Balaban J connectivity index is 1.64. The van der Waals surface area contributed by atoms with E-state index in [0.29, 0.717) is 24.1 Å². The van der Waals surface area contributed by atoms with Crippen molar-refractivity contribution >= 4 is 11.4 Å². The minimum Gasteiger partial charge on any atom is -0.391 e. The van der Waals surface area contributed by atoms with Crippen LogP contribution in [-0.2, 0) is 6.42 Å². The zero-order valence-corrected chi connectivity index (χ0v) is 15.2. The second-order valence-electron chi connectivity index (χ2n) is 7.23. The van der Waals surface area contributed by atoms with Crippen molar-refractivity contribution in [2.75, 3.05) is 0 Å². The average Bonchev–Trinajstić information content (AvgIpc) is 3.05. The normalized spacial score (nSPS) is 19.7. The van der Waals surface area contributed by atoms with Gasteiger partial charge in [-0.1, -0.05) is 18.9 Å². The Morgan fingerprint density at radius 1 is 1.18 bits per heavy atom. The van der Waals surface area contributed by atoms with Crippen molar-refractivity contribution in [2.24, 2.45) is 0 Å².